The first kappa shape index (κ1) is 10.8. The summed E-state index contributed by atoms with van der Waals surface area (Å²) in [5.74, 6) is -1.81. The lowest BCUT2D eigenvalue weighted by molar-refractivity contribution is 0.0954. The molecule has 0 aliphatic carbocycles. The maximum atomic E-state index is 12.7. The third-order valence-corrected chi connectivity index (χ3v) is 1.97. The van der Waals surface area contributed by atoms with Crippen molar-refractivity contribution < 1.29 is 13.6 Å². The zero-order valence-electron chi connectivity index (χ0n) is 7.97. The van der Waals surface area contributed by atoms with Crippen molar-refractivity contribution in [2.45, 2.75) is 13.0 Å². The molecule has 0 aromatic heterocycles. The van der Waals surface area contributed by atoms with Crippen LogP contribution in [0.15, 0.2) is 18.2 Å². The van der Waals surface area contributed by atoms with E-state index in [2.05, 4.69) is 5.32 Å². The molecule has 0 spiro atoms. The van der Waals surface area contributed by atoms with Crippen LogP contribution in [0.4, 0.5) is 8.78 Å². The van der Waals surface area contributed by atoms with E-state index >= 15 is 0 Å². The highest BCUT2D eigenvalue weighted by atomic mass is 19.1. The van der Waals surface area contributed by atoms with Gasteiger partial charge in [-0.25, -0.2) is 8.78 Å². The molecule has 4 heteroatoms. The first-order valence-electron chi connectivity index (χ1n) is 4.22. The number of carbonyl (C=O) groups excluding carboxylic acids is 1. The summed E-state index contributed by atoms with van der Waals surface area (Å²) in [6.07, 6.45) is 0. The second-order valence-corrected chi connectivity index (χ2v) is 3.03. The van der Waals surface area contributed by atoms with Gasteiger partial charge >= 0.3 is 0 Å². The Morgan fingerprint density at radius 2 is 1.79 bits per heavy atom. The second-order valence-electron chi connectivity index (χ2n) is 3.03. The highest BCUT2D eigenvalue weighted by Gasteiger charge is 2.14. The summed E-state index contributed by atoms with van der Waals surface area (Å²) in [6, 6.07) is 2.34. The van der Waals surface area contributed by atoms with E-state index in [0.29, 0.717) is 0 Å². The van der Waals surface area contributed by atoms with Gasteiger partial charge in [0.1, 0.15) is 11.6 Å². The van der Waals surface area contributed by atoms with Gasteiger partial charge < -0.3 is 5.32 Å². The molecule has 14 heavy (non-hydrogen) atoms. The van der Waals surface area contributed by atoms with E-state index in [1.807, 2.05) is 0 Å². The van der Waals surface area contributed by atoms with Gasteiger partial charge in [0.15, 0.2) is 5.78 Å². The van der Waals surface area contributed by atoms with Crippen LogP contribution in [0.3, 0.4) is 0 Å². The Hall–Kier alpha value is -1.29. The van der Waals surface area contributed by atoms with E-state index in [1.54, 1.807) is 14.0 Å². The van der Waals surface area contributed by atoms with Gasteiger partial charge in [-0.05, 0) is 26.1 Å². The zero-order valence-corrected chi connectivity index (χ0v) is 7.97. The van der Waals surface area contributed by atoms with Crippen molar-refractivity contribution in [1.29, 1.82) is 0 Å². The number of likely N-dealkylation sites (N-methyl/N-ethyl adjacent to an activating group) is 1. The van der Waals surface area contributed by atoms with Crippen LogP contribution in [0, 0.1) is 11.6 Å². The lowest BCUT2D eigenvalue weighted by atomic mass is 10.1. The Morgan fingerprint density at radius 3 is 2.21 bits per heavy atom. The van der Waals surface area contributed by atoms with Crippen molar-refractivity contribution in [2.24, 2.45) is 0 Å². The van der Waals surface area contributed by atoms with E-state index < -0.39 is 17.7 Å². The number of ketones is 1. The number of hydrogen-bond donors (Lipinski definition) is 1. The molecule has 0 heterocycles. The summed E-state index contributed by atoms with van der Waals surface area (Å²) in [6.45, 7) is 1.63. The highest BCUT2D eigenvalue weighted by Crippen LogP contribution is 2.10. The SMILES string of the molecule is CNC(C)C(=O)c1cc(F)cc(F)c1. The van der Waals surface area contributed by atoms with Gasteiger partial charge in [0.2, 0.25) is 0 Å². The molecule has 76 valence electrons. The van der Waals surface area contributed by atoms with Crippen LogP contribution in [0.25, 0.3) is 0 Å². The first-order chi connectivity index (χ1) is 6.54. The highest BCUT2D eigenvalue weighted by molar-refractivity contribution is 5.99. The summed E-state index contributed by atoms with van der Waals surface area (Å²) in [5.41, 5.74) is 0.0457. The molecule has 0 amide bonds. The Balaban J connectivity index is 3.01. The molecule has 2 nitrogen and oxygen atoms in total. The molecule has 0 fully saturated rings. The summed E-state index contributed by atoms with van der Waals surface area (Å²) in [4.78, 5) is 11.5. The van der Waals surface area contributed by atoms with Gasteiger partial charge in [0, 0.05) is 11.6 Å². The monoisotopic (exact) mass is 199 g/mol. The Labute approximate surface area is 80.9 Å². The van der Waals surface area contributed by atoms with Crippen LogP contribution in [-0.2, 0) is 0 Å². The molecule has 0 saturated carbocycles. The largest absolute Gasteiger partial charge is 0.310 e. The number of carbonyl (C=O) groups is 1. The zero-order chi connectivity index (χ0) is 10.7. The van der Waals surface area contributed by atoms with Crippen molar-refractivity contribution in [3.05, 3.63) is 35.4 Å². The standard InChI is InChI=1S/C10H11F2NO/c1-6(13-2)10(14)7-3-8(11)5-9(12)4-7/h3-6,13H,1-2H3. The number of nitrogens with one attached hydrogen (secondary N) is 1. The summed E-state index contributed by atoms with van der Waals surface area (Å²) in [7, 11) is 1.61. The first-order valence-corrected chi connectivity index (χ1v) is 4.22. The predicted molar refractivity (Wildman–Crippen MR) is 49.2 cm³/mol. The molecule has 0 saturated heterocycles. The lowest BCUT2D eigenvalue weighted by Gasteiger charge is -2.08. The van der Waals surface area contributed by atoms with Gasteiger partial charge in [-0.1, -0.05) is 0 Å². The minimum absolute atomic E-state index is 0.0457. The molecule has 0 aliphatic rings. The van der Waals surface area contributed by atoms with Crippen LogP contribution in [-0.4, -0.2) is 18.9 Å². The van der Waals surface area contributed by atoms with Crippen LogP contribution < -0.4 is 5.32 Å². The van der Waals surface area contributed by atoms with Crippen LogP contribution in [0.5, 0.6) is 0 Å². The second kappa shape index (κ2) is 4.28. The number of benzene rings is 1. The van der Waals surface area contributed by atoms with Crippen molar-refractivity contribution in [3.63, 3.8) is 0 Å². The summed E-state index contributed by atoms with van der Waals surface area (Å²) >= 11 is 0. The van der Waals surface area contributed by atoms with Gasteiger partial charge in [-0.3, -0.25) is 4.79 Å². The summed E-state index contributed by atoms with van der Waals surface area (Å²) < 4.78 is 25.5. The van der Waals surface area contributed by atoms with E-state index in [0.717, 1.165) is 18.2 Å². The molecule has 1 N–H and O–H groups in total. The fourth-order valence-electron chi connectivity index (χ4n) is 1.08. The van der Waals surface area contributed by atoms with Crippen molar-refractivity contribution >= 4 is 5.78 Å². The molecule has 0 aliphatic heterocycles. The normalized spacial score (nSPS) is 12.6. The predicted octanol–water partition coefficient (Wildman–Crippen LogP) is 1.76. The van der Waals surface area contributed by atoms with Crippen molar-refractivity contribution in [2.75, 3.05) is 7.05 Å². The molecule has 1 atom stereocenters. The molecule has 1 aromatic rings. The Kier molecular flexibility index (Phi) is 3.30. The average molecular weight is 199 g/mol. The quantitative estimate of drug-likeness (QED) is 0.751. The van der Waals surface area contributed by atoms with E-state index in [1.165, 1.54) is 0 Å². The van der Waals surface area contributed by atoms with Gasteiger partial charge in [-0.2, -0.15) is 0 Å². The maximum absolute atomic E-state index is 12.7. The number of hydrogen-bond acceptors (Lipinski definition) is 2. The minimum atomic E-state index is -0.739. The molecule has 1 rings (SSSR count). The fraction of sp³-hybridized carbons (Fsp3) is 0.300. The van der Waals surface area contributed by atoms with E-state index in [-0.39, 0.29) is 11.3 Å². The maximum Gasteiger partial charge on any atom is 0.179 e. The van der Waals surface area contributed by atoms with Crippen LogP contribution in [0.1, 0.15) is 17.3 Å². The lowest BCUT2D eigenvalue weighted by Crippen LogP contribution is -2.30. The molecule has 0 radical (unpaired) electrons. The summed E-state index contributed by atoms with van der Waals surface area (Å²) in [5, 5.41) is 2.71. The molecule has 1 unspecified atom stereocenters. The van der Waals surface area contributed by atoms with Gasteiger partial charge in [0.25, 0.3) is 0 Å². The van der Waals surface area contributed by atoms with Gasteiger partial charge in [0.05, 0.1) is 6.04 Å². The van der Waals surface area contributed by atoms with E-state index in [4.69, 9.17) is 0 Å². The minimum Gasteiger partial charge on any atom is -0.310 e. The van der Waals surface area contributed by atoms with Crippen LogP contribution in [0.2, 0.25) is 0 Å². The van der Waals surface area contributed by atoms with Gasteiger partial charge in [-0.15, -0.1) is 0 Å². The number of rotatable bonds is 3. The topological polar surface area (TPSA) is 29.1 Å². The van der Waals surface area contributed by atoms with Crippen molar-refractivity contribution in [1.82, 2.24) is 5.32 Å². The molecular weight excluding hydrogens is 188 g/mol. The van der Waals surface area contributed by atoms with Crippen LogP contribution >= 0.6 is 0 Å². The Morgan fingerprint density at radius 1 is 1.29 bits per heavy atom. The molecule has 1 aromatic carbocycles. The third kappa shape index (κ3) is 2.35. The van der Waals surface area contributed by atoms with E-state index in [9.17, 15) is 13.6 Å². The van der Waals surface area contributed by atoms with Crippen molar-refractivity contribution in [3.8, 4) is 0 Å². The number of Topliss-reactive ketones (excluding diaryl/α,β-unsaturated/α-hetero) is 1. The average Bonchev–Trinajstić information content (AvgIpc) is 2.14. The molecule has 0 bridgehead atoms. The number of halogens is 2. The third-order valence-electron chi connectivity index (χ3n) is 1.97. The smallest absolute Gasteiger partial charge is 0.179 e. The Bertz CT molecular complexity index is 332. The fourth-order valence-corrected chi connectivity index (χ4v) is 1.08. The molecular formula is C10H11F2NO.